The van der Waals surface area contributed by atoms with Gasteiger partial charge in [0.05, 0.1) is 18.2 Å². The minimum Gasteiger partial charge on any atom is -0.478 e. The minimum absolute atomic E-state index is 0.129. The summed E-state index contributed by atoms with van der Waals surface area (Å²) in [6.07, 6.45) is 1.02. The summed E-state index contributed by atoms with van der Waals surface area (Å²) >= 11 is 0. The van der Waals surface area contributed by atoms with Crippen molar-refractivity contribution < 1.29 is 29.0 Å². The van der Waals surface area contributed by atoms with Gasteiger partial charge >= 0.3 is 18.0 Å². The van der Waals surface area contributed by atoms with Crippen LogP contribution in [0.3, 0.4) is 0 Å². The normalized spacial score (nSPS) is 16.3. The van der Waals surface area contributed by atoms with Crippen molar-refractivity contribution in [3.63, 3.8) is 0 Å². The molecule has 0 saturated carbocycles. The van der Waals surface area contributed by atoms with Gasteiger partial charge in [0.2, 0.25) is 0 Å². The molecule has 2 heterocycles. The molecular formula is C22H27N3O6. The van der Waals surface area contributed by atoms with Gasteiger partial charge in [-0.15, -0.1) is 0 Å². The number of aromatic amines is 1. The zero-order valence-electron chi connectivity index (χ0n) is 18.1. The van der Waals surface area contributed by atoms with Gasteiger partial charge in [-0.05, 0) is 52.7 Å². The molecule has 0 radical (unpaired) electrons. The van der Waals surface area contributed by atoms with E-state index in [1.807, 2.05) is 0 Å². The monoisotopic (exact) mass is 429 g/mol. The van der Waals surface area contributed by atoms with Crippen LogP contribution in [0.25, 0.3) is 11.3 Å². The van der Waals surface area contributed by atoms with Crippen LogP contribution in [-0.4, -0.2) is 56.8 Å². The van der Waals surface area contributed by atoms with E-state index in [1.54, 1.807) is 44.7 Å². The number of aromatic carboxylic acids is 1. The lowest BCUT2D eigenvalue weighted by molar-refractivity contribution is 0.0218. The average Bonchev–Trinajstić information content (AvgIpc) is 3.34. The highest BCUT2D eigenvalue weighted by Crippen LogP contribution is 2.34. The highest BCUT2D eigenvalue weighted by Gasteiger charge is 2.36. The maximum absolute atomic E-state index is 12.7. The van der Waals surface area contributed by atoms with Gasteiger partial charge in [0.15, 0.2) is 5.69 Å². The first kappa shape index (κ1) is 22.3. The number of imidazole rings is 1. The third kappa shape index (κ3) is 5.04. The molecule has 1 aromatic heterocycles. The zero-order chi connectivity index (χ0) is 22.8. The van der Waals surface area contributed by atoms with Gasteiger partial charge in [-0.1, -0.05) is 12.1 Å². The van der Waals surface area contributed by atoms with E-state index in [4.69, 9.17) is 14.6 Å². The van der Waals surface area contributed by atoms with E-state index in [9.17, 15) is 14.4 Å². The van der Waals surface area contributed by atoms with Crippen molar-refractivity contribution in [2.45, 2.75) is 52.2 Å². The molecule has 1 aromatic carbocycles. The number of esters is 1. The minimum atomic E-state index is -1.04. The number of amides is 1. The van der Waals surface area contributed by atoms with Crippen LogP contribution >= 0.6 is 0 Å². The predicted octanol–water partition coefficient (Wildman–Crippen LogP) is 4.02. The Balaban J connectivity index is 1.98. The van der Waals surface area contributed by atoms with Crippen LogP contribution in [0.15, 0.2) is 24.3 Å². The quantitative estimate of drug-likeness (QED) is 0.688. The van der Waals surface area contributed by atoms with E-state index in [-0.39, 0.29) is 23.9 Å². The van der Waals surface area contributed by atoms with Gasteiger partial charge in [-0.25, -0.2) is 19.4 Å². The number of nitrogens with one attached hydrogen (secondary N) is 1. The molecule has 0 bridgehead atoms. The van der Waals surface area contributed by atoms with Gasteiger partial charge in [-0.3, -0.25) is 4.90 Å². The van der Waals surface area contributed by atoms with Crippen LogP contribution in [0.5, 0.6) is 0 Å². The molecule has 1 atom stereocenters. The molecule has 0 aliphatic carbocycles. The molecule has 2 N–H and O–H groups in total. The third-order valence-electron chi connectivity index (χ3n) is 4.80. The molecule has 1 fully saturated rings. The summed E-state index contributed by atoms with van der Waals surface area (Å²) in [5.41, 5.74) is 0.583. The second-order valence-electron chi connectivity index (χ2n) is 8.28. The Kier molecular flexibility index (Phi) is 6.33. The average molecular weight is 429 g/mol. The first-order valence-electron chi connectivity index (χ1n) is 10.2. The molecule has 1 aliphatic heterocycles. The Morgan fingerprint density at radius 1 is 1.23 bits per heavy atom. The van der Waals surface area contributed by atoms with E-state index in [2.05, 4.69) is 9.97 Å². The summed E-state index contributed by atoms with van der Waals surface area (Å²) in [5.74, 6) is -1.15. The Hall–Kier alpha value is -3.36. The topological polar surface area (TPSA) is 122 Å². The largest absolute Gasteiger partial charge is 0.478 e. The molecule has 1 unspecified atom stereocenters. The number of H-pyrrole nitrogens is 1. The number of rotatable bonds is 5. The number of carboxylic acid groups (broad SMARTS) is 1. The van der Waals surface area contributed by atoms with E-state index >= 15 is 0 Å². The van der Waals surface area contributed by atoms with Gasteiger partial charge in [0, 0.05) is 12.1 Å². The highest BCUT2D eigenvalue weighted by atomic mass is 16.6. The van der Waals surface area contributed by atoms with Gasteiger partial charge < -0.3 is 19.6 Å². The molecule has 1 amide bonds. The molecule has 1 aliphatic rings. The van der Waals surface area contributed by atoms with Crippen LogP contribution in [0.1, 0.15) is 73.2 Å². The van der Waals surface area contributed by atoms with Crippen LogP contribution in [0, 0.1) is 0 Å². The maximum atomic E-state index is 12.7. The van der Waals surface area contributed by atoms with Crippen molar-refractivity contribution in [3.8, 4) is 11.3 Å². The SMILES string of the molecule is CCOC(=O)c1[nH]c(C2CCCN2C(=O)OC(C)(C)C)nc1-c1ccc(C(=O)O)cc1. The third-order valence-corrected chi connectivity index (χ3v) is 4.80. The summed E-state index contributed by atoms with van der Waals surface area (Å²) in [5, 5.41) is 9.12. The van der Waals surface area contributed by atoms with Crippen molar-refractivity contribution in [3.05, 3.63) is 41.3 Å². The van der Waals surface area contributed by atoms with Crippen molar-refractivity contribution in [2.75, 3.05) is 13.2 Å². The molecule has 9 heteroatoms. The van der Waals surface area contributed by atoms with E-state index in [0.717, 1.165) is 6.42 Å². The van der Waals surface area contributed by atoms with Crippen molar-refractivity contribution in [1.82, 2.24) is 14.9 Å². The molecular weight excluding hydrogens is 402 g/mol. The zero-order valence-corrected chi connectivity index (χ0v) is 18.1. The lowest BCUT2D eigenvalue weighted by Gasteiger charge is -2.27. The lowest BCUT2D eigenvalue weighted by atomic mass is 10.1. The summed E-state index contributed by atoms with van der Waals surface area (Å²) in [6.45, 7) is 7.84. The lowest BCUT2D eigenvalue weighted by Crippen LogP contribution is -2.36. The number of hydrogen-bond acceptors (Lipinski definition) is 6. The number of likely N-dealkylation sites (tertiary alicyclic amines) is 1. The molecule has 9 nitrogen and oxygen atoms in total. The molecule has 166 valence electrons. The number of ether oxygens (including phenoxy) is 2. The molecule has 0 spiro atoms. The summed E-state index contributed by atoms with van der Waals surface area (Å²) in [6, 6.07) is 5.71. The van der Waals surface area contributed by atoms with Crippen LogP contribution in [-0.2, 0) is 9.47 Å². The van der Waals surface area contributed by atoms with E-state index in [1.165, 1.54) is 12.1 Å². The Morgan fingerprint density at radius 2 is 1.90 bits per heavy atom. The van der Waals surface area contributed by atoms with Crippen LogP contribution in [0.4, 0.5) is 4.79 Å². The number of benzene rings is 1. The van der Waals surface area contributed by atoms with Crippen molar-refractivity contribution in [1.29, 1.82) is 0 Å². The summed E-state index contributed by atoms with van der Waals surface area (Å²) in [4.78, 5) is 45.6. The number of hydrogen-bond donors (Lipinski definition) is 2. The van der Waals surface area contributed by atoms with Gasteiger partial charge in [-0.2, -0.15) is 0 Å². The fourth-order valence-corrected chi connectivity index (χ4v) is 3.47. The number of carboxylic acids is 1. The standard InChI is InChI=1S/C22H27N3O6/c1-5-30-20(28)17-16(13-8-10-14(11-9-13)19(26)27)23-18(24-17)15-7-6-12-25(15)21(29)31-22(2,3)4/h8-11,15H,5-7,12H2,1-4H3,(H,23,24)(H,26,27). The number of nitrogens with zero attached hydrogens (tertiary/aromatic N) is 2. The van der Waals surface area contributed by atoms with Gasteiger partial charge in [0.1, 0.15) is 17.1 Å². The number of aromatic nitrogens is 2. The highest BCUT2D eigenvalue weighted by molar-refractivity contribution is 5.95. The number of carbonyl (C=O) groups is 3. The molecule has 3 rings (SSSR count). The summed E-state index contributed by atoms with van der Waals surface area (Å²) in [7, 11) is 0. The first-order valence-corrected chi connectivity index (χ1v) is 10.2. The molecule has 2 aromatic rings. The predicted molar refractivity (Wildman–Crippen MR) is 112 cm³/mol. The maximum Gasteiger partial charge on any atom is 0.410 e. The van der Waals surface area contributed by atoms with Crippen molar-refractivity contribution in [2.24, 2.45) is 0 Å². The fourth-order valence-electron chi connectivity index (χ4n) is 3.47. The molecule has 31 heavy (non-hydrogen) atoms. The second kappa shape index (κ2) is 8.79. The summed E-state index contributed by atoms with van der Waals surface area (Å²) < 4.78 is 10.7. The van der Waals surface area contributed by atoms with E-state index < -0.39 is 23.6 Å². The Morgan fingerprint density at radius 3 is 2.48 bits per heavy atom. The van der Waals surface area contributed by atoms with E-state index in [0.29, 0.717) is 30.0 Å². The smallest absolute Gasteiger partial charge is 0.410 e. The second-order valence-corrected chi connectivity index (χ2v) is 8.28. The molecule has 1 saturated heterocycles. The van der Waals surface area contributed by atoms with Crippen LogP contribution in [0.2, 0.25) is 0 Å². The Bertz CT molecular complexity index is 974. The van der Waals surface area contributed by atoms with Crippen LogP contribution < -0.4 is 0 Å². The van der Waals surface area contributed by atoms with Crippen molar-refractivity contribution >= 4 is 18.0 Å². The fraction of sp³-hybridized carbons (Fsp3) is 0.455. The number of carbonyl (C=O) groups excluding carboxylic acids is 2. The first-order chi connectivity index (χ1) is 14.6. The Labute approximate surface area is 180 Å². The van der Waals surface area contributed by atoms with Gasteiger partial charge in [0.25, 0.3) is 0 Å².